The van der Waals surface area contributed by atoms with E-state index in [4.69, 9.17) is 20.8 Å². The van der Waals surface area contributed by atoms with Crippen LogP contribution in [0.1, 0.15) is 41.2 Å². The number of amides is 2. The number of rotatable bonds is 7. The summed E-state index contributed by atoms with van der Waals surface area (Å²) in [5.74, 6) is 0.438. The van der Waals surface area contributed by atoms with Crippen LogP contribution in [0.3, 0.4) is 0 Å². The van der Waals surface area contributed by atoms with Gasteiger partial charge < -0.3 is 20.7 Å². The third kappa shape index (κ3) is 5.22. The summed E-state index contributed by atoms with van der Waals surface area (Å²) >= 11 is 0. The van der Waals surface area contributed by atoms with Crippen LogP contribution < -0.4 is 15.8 Å². The van der Waals surface area contributed by atoms with Crippen molar-refractivity contribution in [2.45, 2.75) is 31.8 Å². The lowest BCUT2D eigenvalue weighted by Gasteiger charge is -2.32. The number of para-hydroxylation sites is 1. The predicted octanol–water partition coefficient (Wildman–Crippen LogP) is 3.09. The smallest absolute Gasteiger partial charge is 0.255 e. The average molecular weight is 525 g/mol. The Morgan fingerprint density at radius 2 is 1.97 bits per heavy atom. The van der Waals surface area contributed by atoms with Gasteiger partial charge in [-0.25, -0.2) is 14.6 Å². The number of hydrogen-bond acceptors (Lipinski definition) is 8. The number of fused-ring (bicyclic) bond motifs is 1. The van der Waals surface area contributed by atoms with Gasteiger partial charge in [-0.15, -0.1) is 0 Å². The number of carbonyl (C=O) groups excluding carboxylic acids is 2. The molecule has 2 amide bonds. The van der Waals surface area contributed by atoms with Crippen molar-refractivity contribution < 1.29 is 14.3 Å². The standard InChI is InChI=1S/C28H28N8O3/c1-39-22-7-3-2-6-21(22)28(38)31-15-18-8-10-19(11-9-18)25-24-26(30)32-17-33-27(24)36(34-25)20-5-4-14-35(16-20)23(37)12-13-29/h2-3,6-11,17,20H,4-5,12,14-16H2,1H3,(H,31,38)(H2,30,32,33). The number of benzene rings is 2. The molecule has 1 unspecified atom stereocenters. The van der Waals surface area contributed by atoms with Crippen molar-refractivity contribution in [1.29, 1.82) is 5.26 Å². The molecule has 2 aromatic carbocycles. The molecule has 3 heterocycles. The molecule has 0 bridgehead atoms. The van der Waals surface area contributed by atoms with E-state index in [2.05, 4.69) is 15.3 Å². The zero-order chi connectivity index (χ0) is 27.4. The van der Waals surface area contributed by atoms with Gasteiger partial charge in [0.25, 0.3) is 5.91 Å². The van der Waals surface area contributed by atoms with Gasteiger partial charge in [-0.05, 0) is 30.5 Å². The molecular weight excluding hydrogens is 496 g/mol. The van der Waals surface area contributed by atoms with Crippen LogP contribution in [0, 0.1) is 11.3 Å². The summed E-state index contributed by atoms with van der Waals surface area (Å²) in [6.45, 7) is 1.41. The van der Waals surface area contributed by atoms with Crippen LogP contribution in [-0.2, 0) is 11.3 Å². The first-order valence-electron chi connectivity index (χ1n) is 12.6. The van der Waals surface area contributed by atoms with E-state index in [1.807, 2.05) is 41.1 Å². The van der Waals surface area contributed by atoms with Crippen LogP contribution in [0.5, 0.6) is 5.75 Å². The number of piperidine rings is 1. The fraction of sp³-hybridized carbons (Fsp3) is 0.286. The summed E-state index contributed by atoms with van der Waals surface area (Å²) in [4.78, 5) is 35.4. The monoisotopic (exact) mass is 524 g/mol. The largest absolute Gasteiger partial charge is 0.496 e. The Bertz CT molecular complexity index is 1560. The number of hydrogen-bond donors (Lipinski definition) is 2. The minimum absolute atomic E-state index is 0.101. The molecule has 1 fully saturated rings. The summed E-state index contributed by atoms with van der Waals surface area (Å²) in [6, 6.07) is 16.6. The van der Waals surface area contributed by atoms with Crippen molar-refractivity contribution in [3.8, 4) is 23.1 Å². The predicted molar refractivity (Wildman–Crippen MR) is 144 cm³/mol. The number of likely N-dealkylation sites (tertiary alicyclic amines) is 1. The number of anilines is 1. The highest BCUT2D eigenvalue weighted by atomic mass is 16.5. The topological polar surface area (TPSA) is 152 Å². The number of nitrogens with two attached hydrogens (primary N) is 1. The zero-order valence-electron chi connectivity index (χ0n) is 21.5. The van der Waals surface area contributed by atoms with E-state index in [1.54, 1.807) is 23.1 Å². The van der Waals surface area contributed by atoms with Crippen molar-refractivity contribution in [3.05, 3.63) is 66.0 Å². The first kappa shape index (κ1) is 25.7. The van der Waals surface area contributed by atoms with Crippen molar-refractivity contribution >= 4 is 28.7 Å². The van der Waals surface area contributed by atoms with Crippen molar-refractivity contribution in [2.75, 3.05) is 25.9 Å². The molecule has 1 saturated heterocycles. The number of methoxy groups -OCH3 is 1. The Morgan fingerprint density at radius 1 is 1.18 bits per heavy atom. The van der Waals surface area contributed by atoms with E-state index in [-0.39, 0.29) is 24.3 Å². The molecular formula is C28H28N8O3. The number of nitrogens with one attached hydrogen (secondary N) is 1. The molecule has 39 heavy (non-hydrogen) atoms. The van der Waals surface area contributed by atoms with Gasteiger partial charge >= 0.3 is 0 Å². The first-order valence-corrected chi connectivity index (χ1v) is 12.6. The van der Waals surface area contributed by atoms with Crippen molar-refractivity contribution in [1.82, 2.24) is 30.0 Å². The SMILES string of the molecule is COc1ccccc1C(=O)NCc1ccc(-c2nn(C3CCCN(C(=O)CC#N)C3)c3ncnc(N)c23)cc1. The highest BCUT2D eigenvalue weighted by Crippen LogP contribution is 2.34. The van der Waals surface area contributed by atoms with Crippen molar-refractivity contribution in [2.24, 2.45) is 0 Å². The highest BCUT2D eigenvalue weighted by Gasteiger charge is 2.28. The van der Waals surface area contributed by atoms with E-state index in [1.165, 1.54) is 13.4 Å². The molecule has 5 rings (SSSR count). The summed E-state index contributed by atoms with van der Waals surface area (Å²) in [5.41, 5.74) is 9.74. The maximum atomic E-state index is 12.7. The van der Waals surface area contributed by atoms with Crippen LogP contribution >= 0.6 is 0 Å². The minimum Gasteiger partial charge on any atom is -0.496 e. The summed E-state index contributed by atoms with van der Waals surface area (Å²) in [5, 5.41) is 17.4. The molecule has 2 aromatic heterocycles. The summed E-state index contributed by atoms with van der Waals surface area (Å²) in [7, 11) is 1.53. The molecule has 1 aliphatic rings. The highest BCUT2D eigenvalue weighted by molar-refractivity contribution is 5.98. The second-order valence-corrected chi connectivity index (χ2v) is 9.30. The van der Waals surface area contributed by atoms with Gasteiger partial charge in [-0.3, -0.25) is 9.59 Å². The van der Waals surface area contributed by atoms with Crippen LogP contribution in [0.4, 0.5) is 5.82 Å². The third-order valence-corrected chi connectivity index (χ3v) is 6.88. The summed E-state index contributed by atoms with van der Waals surface area (Å²) in [6.07, 6.45) is 2.89. The van der Waals surface area contributed by atoms with Gasteiger partial charge in [-0.2, -0.15) is 10.4 Å². The number of carbonyl (C=O) groups is 2. The van der Waals surface area contributed by atoms with Crippen LogP contribution in [0.25, 0.3) is 22.3 Å². The Labute approximate surface area is 225 Å². The molecule has 0 radical (unpaired) electrons. The average Bonchev–Trinajstić information content (AvgIpc) is 3.37. The lowest BCUT2D eigenvalue weighted by Crippen LogP contribution is -2.40. The number of ether oxygens (including phenoxy) is 1. The first-order chi connectivity index (χ1) is 19.0. The molecule has 0 spiro atoms. The lowest BCUT2D eigenvalue weighted by atomic mass is 10.1. The molecule has 3 N–H and O–H groups in total. The molecule has 0 saturated carbocycles. The molecule has 11 heteroatoms. The second-order valence-electron chi connectivity index (χ2n) is 9.30. The van der Waals surface area contributed by atoms with Crippen LogP contribution in [0.15, 0.2) is 54.9 Å². The fourth-order valence-corrected chi connectivity index (χ4v) is 4.90. The molecule has 4 aromatic rings. The van der Waals surface area contributed by atoms with E-state index < -0.39 is 0 Å². The number of aromatic nitrogens is 4. The van der Waals surface area contributed by atoms with Crippen LogP contribution in [-0.4, -0.2) is 56.7 Å². The van der Waals surface area contributed by atoms with Crippen LogP contribution in [0.2, 0.25) is 0 Å². The molecule has 1 atom stereocenters. The Morgan fingerprint density at radius 3 is 2.74 bits per heavy atom. The van der Waals surface area contributed by atoms with Gasteiger partial charge in [0, 0.05) is 25.2 Å². The maximum absolute atomic E-state index is 12.7. The van der Waals surface area contributed by atoms with Gasteiger partial charge in [0.05, 0.1) is 30.2 Å². The maximum Gasteiger partial charge on any atom is 0.255 e. The third-order valence-electron chi connectivity index (χ3n) is 6.88. The van der Waals surface area contributed by atoms with E-state index in [9.17, 15) is 9.59 Å². The Hall–Kier alpha value is -4.98. The Balaban J connectivity index is 1.38. The molecule has 198 valence electrons. The molecule has 1 aliphatic heterocycles. The lowest BCUT2D eigenvalue weighted by molar-refractivity contribution is -0.131. The Kier molecular flexibility index (Phi) is 7.36. The number of nitrogens with zero attached hydrogens (tertiary/aromatic N) is 6. The number of nitrogen functional groups attached to an aromatic ring is 1. The fourth-order valence-electron chi connectivity index (χ4n) is 4.90. The van der Waals surface area contributed by atoms with Gasteiger partial charge in [0.1, 0.15) is 30.0 Å². The normalized spacial score (nSPS) is 15.1. The van der Waals surface area contributed by atoms with Gasteiger partial charge in [-0.1, -0.05) is 36.4 Å². The van der Waals surface area contributed by atoms with Gasteiger partial charge in [0.15, 0.2) is 5.65 Å². The number of nitriles is 1. The molecule has 0 aliphatic carbocycles. The second kappa shape index (κ2) is 11.2. The van der Waals surface area contributed by atoms with Crippen molar-refractivity contribution in [3.63, 3.8) is 0 Å². The molecule has 11 nitrogen and oxygen atoms in total. The van der Waals surface area contributed by atoms with E-state index >= 15 is 0 Å². The summed E-state index contributed by atoms with van der Waals surface area (Å²) < 4.78 is 7.11. The quantitative estimate of drug-likeness (QED) is 0.374. The van der Waals surface area contributed by atoms with E-state index in [0.29, 0.717) is 53.5 Å². The van der Waals surface area contributed by atoms with E-state index in [0.717, 1.165) is 24.0 Å². The zero-order valence-corrected chi connectivity index (χ0v) is 21.5. The minimum atomic E-state index is -0.221. The van der Waals surface area contributed by atoms with Gasteiger partial charge in [0.2, 0.25) is 5.91 Å².